The normalized spacial score (nSPS) is 37.6. The molecule has 24 heavy (non-hydrogen) atoms. The smallest absolute Gasteiger partial charge is 0.311 e. The van der Waals surface area contributed by atoms with Crippen molar-refractivity contribution in [2.75, 3.05) is 13.7 Å². The molecule has 138 valence electrons. The van der Waals surface area contributed by atoms with E-state index in [0.717, 1.165) is 44.9 Å². The third kappa shape index (κ3) is 3.42. The Morgan fingerprint density at radius 3 is 2.71 bits per heavy atom. The monoisotopic (exact) mass is 336 g/mol. The Bertz CT molecular complexity index is 472. The van der Waals surface area contributed by atoms with Crippen LogP contribution < -0.4 is 0 Å². The van der Waals surface area contributed by atoms with Crippen molar-refractivity contribution < 1.29 is 14.6 Å². The number of methoxy groups -OCH3 is 1. The van der Waals surface area contributed by atoms with Gasteiger partial charge in [0, 0.05) is 6.61 Å². The summed E-state index contributed by atoms with van der Waals surface area (Å²) in [5.74, 6) is 1.39. The molecule has 0 bridgehead atoms. The number of esters is 1. The molecule has 5 atom stereocenters. The van der Waals surface area contributed by atoms with Crippen molar-refractivity contribution in [3.63, 3.8) is 0 Å². The van der Waals surface area contributed by atoms with Crippen molar-refractivity contribution in [2.24, 2.45) is 28.6 Å². The summed E-state index contributed by atoms with van der Waals surface area (Å²) in [6.45, 7) is 11.4. The molecule has 0 heterocycles. The summed E-state index contributed by atoms with van der Waals surface area (Å²) in [5.41, 5.74) is 1.17. The highest BCUT2D eigenvalue weighted by atomic mass is 16.5. The molecule has 0 aromatic heterocycles. The van der Waals surface area contributed by atoms with Crippen molar-refractivity contribution in [2.45, 2.75) is 72.1 Å². The first-order valence-electron chi connectivity index (χ1n) is 9.66. The Morgan fingerprint density at radius 2 is 2.08 bits per heavy atom. The van der Waals surface area contributed by atoms with E-state index >= 15 is 0 Å². The number of allylic oxidation sites excluding steroid dienone is 1. The summed E-state index contributed by atoms with van der Waals surface area (Å²) in [4.78, 5) is 12.6. The van der Waals surface area contributed by atoms with Gasteiger partial charge < -0.3 is 9.84 Å². The highest BCUT2D eigenvalue weighted by Gasteiger charge is 2.57. The lowest BCUT2D eigenvalue weighted by Crippen LogP contribution is -2.53. The first-order chi connectivity index (χ1) is 11.3. The summed E-state index contributed by atoms with van der Waals surface area (Å²) in [6.07, 6.45) is 8.44. The van der Waals surface area contributed by atoms with Crippen LogP contribution in [0.15, 0.2) is 12.2 Å². The molecule has 2 saturated carbocycles. The Balaban J connectivity index is 2.22. The molecule has 2 rings (SSSR count). The average Bonchev–Trinajstić information content (AvgIpc) is 2.53. The van der Waals surface area contributed by atoms with Crippen LogP contribution in [0.5, 0.6) is 0 Å². The Kier molecular flexibility index (Phi) is 6.17. The second-order valence-electron chi connectivity index (χ2n) is 8.77. The largest absolute Gasteiger partial charge is 0.469 e. The third-order valence-corrected chi connectivity index (χ3v) is 7.24. The van der Waals surface area contributed by atoms with Gasteiger partial charge in [-0.2, -0.15) is 0 Å². The van der Waals surface area contributed by atoms with Crippen LogP contribution in [0.2, 0.25) is 0 Å². The van der Waals surface area contributed by atoms with Crippen LogP contribution in [0.4, 0.5) is 0 Å². The number of rotatable bonds is 6. The molecular weight excluding hydrogens is 300 g/mol. The molecule has 0 spiro atoms. The fraction of sp³-hybridized carbons (Fsp3) is 0.857. The number of aliphatic hydroxyl groups is 1. The molecule has 0 unspecified atom stereocenters. The number of carbonyl (C=O) groups is 1. The van der Waals surface area contributed by atoms with E-state index in [-0.39, 0.29) is 23.4 Å². The zero-order valence-electron chi connectivity index (χ0n) is 16.1. The Labute approximate surface area is 147 Å². The van der Waals surface area contributed by atoms with Gasteiger partial charge in [0.15, 0.2) is 0 Å². The molecule has 0 aromatic rings. The first-order valence-corrected chi connectivity index (χ1v) is 9.66. The van der Waals surface area contributed by atoms with Crippen LogP contribution in [0.3, 0.4) is 0 Å². The van der Waals surface area contributed by atoms with Gasteiger partial charge in [-0.15, -0.1) is 0 Å². The zero-order chi connectivity index (χ0) is 18.0. The van der Waals surface area contributed by atoms with E-state index < -0.39 is 0 Å². The van der Waals surface area contributed by atoms with Gasteiger partial charge in [0.05, 0.1) is 12.5 Å². The van der Waals surface area contributed by atoms with Gasteiger partial charge in [-0.3, -0.25) is 4.79 Å². The van der Waals surface area contributed by atoms with E-state index in [2.05, 4.69) is 27.4 Å². The lowest BCUT2D eigenvalue weighted by atomic mass is 9.46. The quantitative estimate of drug-likeness (QED) is 0.563. The van der Waals surface area contributed by atoms with Crippen molar-refractivity contribution in [1.29, 1.82) is 0 Å². The van der Waals surface area contributed by atoms with Gasteiger partial charge in [-0.1, -0.05) is 38.8 Å². The van der Waals surface area contributed by atoms with E-state index in [0.29, 0.717) is 17.8 Å². The second-order valence-corrected chi connectivity index (χ2v) is 8.77. The summed E-state index contributed by atoms with van der Waals surface area (Å²) < 4.78 is 5.19. The minimum atomic E-state index is -0.350. The van der Waals surface area contributed by atoms with Crippen molar-refractivity contribution in [1.82, 2.24) is 0 Å². The second kappa shape index (κ2) is 7.59. The van der Waals surface area contributed by atoms with E-state index in [9.17, 15) is 4.79 Å². The average molecular weight is 337 g/mol. The molecule has 3 nitrogen and oxygen atoms in total. The van der Waals surface area contributed by atoms with Crippen LogP contribution in [0.1, 0.15) is 72.1 Å². The number of carbonyl (C=O) groups excluding carboxylic acids is 1. The standard InChI is InChI=1S/C21H36O3/c1-15(11-14-22)7-9-17-16(2)8-10-18-20(17,3)12-6-13-21(18,4)19(23)24-5/h15,17-18,22H,2,6-14H2,1,3-5H3/t15-,17-,18-,20+,21-/m0/s1. The summed E-state index contributed by atoms with van der Waals surface area (Å²) in [6, 6.07) is 0. The predicted molar refractivity (Wildman–Crippen MR) is 97.5 cm³/mol. The molecule has 1 N–H and O–H groups in total. The van der Waals surface area contributed by atoms with E-state index in [4.69, 9.17) is 9.84 Å². The van der Waals surface area contributed by atoms with Crippen LogP contribution in [0.25, 0.3) is 0 Å². The fourth-order valence-electron chi connectivity index (χ4n) is 5.78. The molecule has 2 aliphatic carbocycles. The van der Waals surface area contributed by atoms with Crippen molar-refractivity contribution in [3.8, 4) is 0 Å². The summed E-state index contributed by atoms with van der Waals surface area (Å²) >= 11 is 0. The van der Waals surface area contributed by atoms with Gasteiger partial charge in [0.1, 0.15) is 0 Å². The molecule has 2 aliphatic rings. The molecule has 0 radical (unpaired) electrons. The van der Waals surface area contributed by atoms with Crippen molar-refractivity contribution >= 4 is 5.97 Å². The van der Waals surface area contributed by atoms with Gasteiger partial charge in [-0.05, 0) is 68.6 Å². The van der Waals surface area contributed by atoms with E-state index in [1.807, 2.05) is 0 Å². The minimum absolute atomic E-state index is 0.0293. The lowest BCUT2D eigenvalue weighted by Gasteiger charge is -2.57. The van der Waals surface area contributed by atoms with Crippen LogP contribution in [-0.2, 0) is 9.53 Å². The van der Waals surface area contributed by atoms with Gasteiger partial charge in [0.2, 0.25) is 0 Å². The minimum Gasteiger partial charge on any atom is -0.469 e. The van der Waals surface area contributed by atoms with Gasteiger partial charge in [0.25, 0.3) is 0 Å². The molecule has 2 fully saturated rings. The SMILES string of the molecule is C=C1CC[C@H]2[C@](C)(CCC[C@]2(C)C(=O)OC)[C@H]1CC[C@H](C)CCO. The van der Waals surface area contributed by atoms with Crippen LogP contribution in [0, 0.1) is 28.6 Å². The highest BCUT2D eigenvalue weighted by molar-refractivity contribution is 5.77. The maximum atomic E-state index is 12.6. The first kappa shape index (κ1) is 19.5. The summed E-state index contributed by atoms with van der Waals surface area (Å²) in [7, 11) is 1.52. The van der Waals surface area contributed by atoms with Gasteiger partial charge >= 0.3 is 5.97 Å². The number of ether oxygens (including phenoxy) is 1. The number of aliphatic hydroxyl groups excluding tert-OH is 1. The molecule has 0 amide bonds. The Hall–Kier alpha value is -0.830. The molecule has 0 aromatic carbocycles. The summed E-state index contributed by atoms with van der Waals surface area (Å²) in [5, 5.41) is 9.15. The van der Waals surface area contributed by atoms with Gasteiger partial charge in [-0.25, -0.2) is 0 Å². The number of hydrogen-bond donors (Lipinski definition) is 1. The predicted octanol–water partition coefficient (Wildman–Crippen LogP) is 4.74. The van der Waals surface area contributed by atoms with Crippen LogP contribution >= 0.6 is 0 Å². The highest BCUT2D eigenvalue weighted by Crippen LogP contribution is 2.62. The van der Waals surface area contributed by atoms with Crippen molar-refractivity contribution in [3.05, 3.63) is 12.2 Å². The maximum Gasteiger partial charge on any atom is 0.311 e. The molecular formula is C21H36O3. The molecule has 0 aliphatic heterocycles. The molecule has 0 saturated heterocycles. The Morgan fingerprint density at radius 1 is 1.38 bits per heavy atom. The fourth-order valence-corrected chi connectivity index (χ4v) is 5.78. The molecule has 3 heteroatoms. The number of hydrogen-bond acceptors (Lipinski definition) is 3. The van der Waals surface area contributed by atoms with Crippen LogP contribution in [-0.4, -0.2) is 24.8 Å². The van der Waals surface area contributed by atoms with E-state index in [1.165, 1.54) is 19.1 Å². The lowest BCUT2D eigenvalue weighted by molar-refractivity contribution is -0.168. The zero-order valence-corrected chi connectivity index (χ0v) is 16.1. The topological polar surface area (TPSA) is 46.5 Å². The third-order valence-electron chi connectivity index (χ3n) is 7.24. The maximum absolute atomic E-state index is 12.6. The van der Waals surface area contributed by atoms with E-state index in [1.54, 1.807) is 0 Å². The number of fused-ring (bicyclic) bond motifs is 1.